The van der Waals surface area contributed by atoms with Crippen molar-refractivity contribution >= 4 is 22.7 Å². The van der Waals surface area contributed by atoms with E-state index in [0.717, 1.165) is 40.6 Å². The zero-order chi connectivity index (χ0) is 18.6. The lowest BCUT2D eigenvalue weighted by atomic mass is 9.94. The molecule has 0 radical (unpaired) electrons. The maximum Gasteiger partial charge on any atom is 0.341 e. The van der Waals surface area contributed by atoms with Crippen molar-refractivity contribution in [2.75, 3.05) is 5.73 Å². The second kappa shape index (κ2) is 5.69. The summed E-state index contributed by atoms with van der Waals surface area (Å²) in [5.74, 6) is -0.736. The van der Waals surface area contributed by atoms with Gasteiger partial charge in [0.05, 0.1) is 5.52 Å². The third-order valence-corrected chi connectivity index (χ3v) is 5.02. The Hall–Kier alpha value is -3.15. The van der Waals surface area contributed by atoms with Crippen LogP contribution in [-0.4, -0.2) is 20.6 Å². The van der Waals surface area contributed by atoms with E-state index in [2.05, 4.69) is 4.98 Å². The third-order valence-electron chi connectivity index (χ3n) is 5.02. The molecule has 2 heterocycles. The Bertz CT molecular complexity index is 1110. The average molecular weight is 349 g/mol. The summed E-state index contributed by atoms with van der Waals surface area (Å²) in [6.07, 6.45) is 5.20. The third kappa shape index (κ3) is 2.45. The minimum Gasteiger partial charge on any atom is -0.477 e. The molecule has 4 rings (SSSR count). The fraction of sp³-hybridized carbons (Fsp3) is 0.250. The van der Waals surface area contributed by atoms with Crippen LogP contribution in [-0.2, 0) is 0 Å². The van der Waals surface area contributed by atoms with E-state index < -0.39 is 11.4 Å². The van der Waals surface area contributed by atoms with Gasteiger partial charge in [0.2, 0.25) is 5.43 Å². The molecule has 1 saturated carbocycles. The Morgan fingerprint density at radius 2 is 2.04 bits per heavy atom. The first-order valence-corrected chi connectivity index (χ1v) is 8.52. The Labute approximate surface area is 149 Å². The number of aryl methyl sites for hydroxylation is 2. The average Bonchev–Trinajstić information content (AvgIpc) is 3.43. The number of carbonyl (C=O) groups is 1. The van der Waals surface area contributed by atoms with Gasteiger partial charge in [-0.15, -0.1) is 0 Å². The van der Waals surface area contributed by atoms with Crippen LogP contribution < -0.4 is 11.2 Å². The first-order valence-electron chi connectivity index (χ1n) is 8.52. The van der Waals surface area contributed by atoms with Crippen LogP contribution >= 0.6 is 0 Å². The lowest BCUT2D eigenvalue weighted by molar-refractivity contribution is 0.0695. The van der Waals surface area contributed by atoms with Gasteiger partial charge in [0.1, 0.15) is 11.4 Å². The summed E-state index contributed by atoms with van der Waals surface area (Å²) in [6.45, 7) is 3.81. The van der Waals surface area contributed by atoms with E-state index in [4.69, 9.17) is 5.73 Å². The molecule has 1 aromatic carbocycles. The van der Waals surface area contributed by atoms with Crippen LogP contribution in [0.1, 0.15) is 40.4 Å². The fourth-order valence-electron chi connectivity index (χ4n) is 3.56. The molecule has 1 aliphatic carbocycles. The Kier molecular flexibility index (Phi) is 3.57. The van der Waals surface area contributed by atoms with Gasteiger partial charge in [-0.25, -0.2) is 9.78 Å². The molecule has 0 bridgehead atoms. The molecular formula is C20H19N3O3. The summed E-state index contributed by atoms with van der Waals surface area (Å²) in [4.78, 5) is 28.5. The number of anilines is 1. The smallest absolute Gasteiger partial charge is 0.341 e. The molecule has 3 aromatic rings. The predicted octanol–water partition coefficient (Wildman–Crippen LogP) is 3.30. The summed E-state index contributed by atoms with van der Waals surface area (Å²) in [7, 11) is 0. The zero-order valence-corrected chi connectivity index (χ0v) is 14.6. The number of hydrogen-bond donors (Lipinski definition) is 2. The van der Waals surface area contributed by atoms with Gasteiger partial charge in [0.25, 0.3) is 0 Å². The summed E-state index contributed by atoms with van der Waals surface area (Å²) in [5.41, 5.74) is 9.50. The van der Waals surface area contributed by atoms with Gasteiger partial charge in [-0.05, 0) is 55.5 Å². The summed E-state index contributed by atoms with van der Waals surface area (Å²) < 4.78 is 1.97. The van der Waals surface area contributed by atoms with E-state index >= 15 is 0 Å². The molecule has 26 heavy (non-hydrogen) atoms. The zero-order valence-electron chi connectivity index (χ0n) is 14.6. The van der Waals surface area contributed by atoms with Crippen molar-refractivity contribution in [3.63, 3.8) is 0 Å². The highest BCUT2D eigenvalue weighted by molar-refractivity contribution is 5.97. The van der Waals surface area contributed by atoms with Gasteiger partial charge in [-0.3, -0.25) is 4.79 Å². The summed E-state index contributed by atoms with van der Waals surface area (Å²) in [6, 6.07) is 5.82. The standard InChI is InChI=1S/C20H19N3O3/c1-10-7-14(12-3-6-16(21)22-8-12)11(2)18-17(10)19(24)15(20(25)26)9-23(18)13-4-5-13/h3,6-9,13H,4-5H2,1-2H3,(H2,21,22)(H,25,26). The highest BCUT2D eigenvalue weighted by atomic mass is 16.4. The van der Waals surface area contributed by atoms with Crippen LogP contribution in [0.5, 0.6) is 0 Å². The first-order chi connectivity index (χ1) is 12.4. The molecule has 1 aliphatic rings. The van der Waals surface area contributed by atoms with E-state index in [0.29, 0.717) is 11.2 Å². The van der Waals surface area contributed by atoms with Crippen molar-refractivity contribution in [3.05, 3.63) is 57.5 Å². The lowest BCUT2D eigenvalue weighted by Gasteiger charge is -2.18. The minimum atomic E-state index is -1.19. The predicted molar refractivity (Wildman–Crippen MR) is 101 cm³/mol. The van der Waals surface area contributed by atoms with Crippen molar-refractivity contribution in [2.45, 2.75) is 32.7 Å². The van der Waals surface area contributed by atoms with Crippen LogP contribution in [0.2, 0.25) is 0 Å². The number of pyridine rings is 2. The Morgan fingerprint density at radius 1 is 1.31 bits per heavy atom. The number of rotatable bonds is 3. The van der Waals surface area contributed by atoms with E-state index in [1.807, 2.05) is 30.5 Å². The van der Waals surface area contributed by atoms with Gasteiger partial charge >= 0.3 is 5.97 Å². The van der Waals surface area contributed by atoms with Gasteiger partial charge in [-0.2, -0.15) is 0 Å². The molecule has 0 aliphatic heterocycles. The second-order valence-electron chi connectivity index (χ2n) is 6.88. The van der Waals surface area contributed by atoms with Crippen molar-refractivity contribution in [2.24, 2.45) is 0 Å². The number of aromatic nitrogens is 2. The molecule has 1 fully saturated rings. The van der Waals surface area contributed by atoms with E-state index in [1.165, 1.54) is 6.20 Å². The molecular weight excluding hydrogens is 330 g/mol. The molecule has 0 spiro atoms. The second-order valence-corrected chi connectivity index (χ2v) is 6.88. The van der Waals surface area contributed by atoms with Crippen LogP contribution in [0.4, 0.5) is 5.82 Å². The highest BCUT2D eigenvalue weighted by Gasteiger charge is 2.28. The van der Waals surface area contributed by atoms with Crippen LogP contribution in [0.25, 0.3) is 22.0 Å². The number of fused-ring (bicyclic) bond motifs is 1. The molecule has 2 aromatic heterocycles. The molecule has 132 valence electrons. The maximum absolute atomic E-state index is 12.8. The molecule has 0 amide bonds. The topological polar surface area (TPSA) is 98.2 Å². The quantitative estimate of drug-likeness (QED) is 0.756. The van der Waals surface area contributed by atoms with Gasteiger partial charge in [-0.1, -0.05) is 6.07 Å². The molecule has 6 heteroatoms. The Morgan fingerprint density at radius 3 is 2.62 bits per heavy atom. The largest absolute Gasteiger partial charge is 0.477 e. The van der Waals surface area contributed by atoms with E-state index in [1.54, 1.807) is 12.3 Å². The van der Waals surface area contributed by atoms with Crippen molar-refractivity contribution in [1.82, 2.24) is 9.55 Å². The van der Waals surface area contributed by atoms with E-state index in [-0.39, 0.29) is 11.6 Å². The van der Waals surface area contributed by atoms with Crippen molar-refractivity contribution < 1.29 is 9.90 Å². The minimum absolute atomic E-state index is 0.172. The number of nitrogens with zero attached hydrogens (tertiary/aromatic N) is 2. The summed E-state index contributed by atoms with van der Waals surface area (Å²) >= 11 is 0. The molecule has 3 N–H and O–H groups in total. The number of benzene rings is 1. The van der Waals surface area contributed by atoms with Gasteiger partial charge in [0.15, 0.2) is 0 Å². The lowest BCUT2D eigenvalue weighted by Crippen LogP contribution is -2.20. The molecule has 0 unspecified atom stereocenters. The van der Waals surface area contributed by atoms with Crippen LogP contribution in [0, 0.1) is 13.8 Å². The van der Waals surface area contributed by atoms with Gasteiger partial charge < -0.3 is 15.4 Å². The number of nitrogens with two attached hydrogens (primary N) is 1. The number of nitrogen functional groups attached to an aromatic ring is 1. The van der Waals surface area contributed by atoms with Gasteiger partial charge in [0, 0.05) is 29.4 Å². The van der Waals surface area contributed by atoms with Crippen LogP contribution in [0.3, 0.4) is 0 Å². The number of carboxylic acids is 1. The van der Waals surface area contributed by atoms with Crippen molar-refractivity contribution in [1.29, 1.82) is 0 Å². The molecule has 0 atom stereocenters. The normalized spacial score (nSPS) is 13.9. The Balaban J connectivity index is 2.11. The monoisotopic (exact) mass is 349 g/mol. The number of hydrogen-bond acceptors (Lipinski definition) is 4. The van der Waals surface area contributed by atoms with Crippen molar-refractivity contribution in [3.8, 4) is 11.1 Å². The summed E-state index contributed by atoms with van der Waals surface area (Å²) in [5, 5.41) is 9.92. The molecule has 0 saturated heterocycles. The number of aromatic carboxylic acids is 1. The van der Waals surface area contributed by atoms with Crippen LogP contribution in [0.15, 0.2) is 35.4 Å². The first kappa shape index (κ1) is 16.3. The number of carboxylic acid groups (broad SMARTS) is 1. The van der Waals surface area contributed by atoms with E-state index in [9.17, 15) is 14.7 Å². The molecule has 6 nitrogen and oxygen atoms in total. The highest BCUT2D eigenvalue weighted by Crippen LogP contribution is 2.40. The maximum atomic E-state index is 12.8. The fourth-order valence-corrected chi connectivity index (χ4v) is 3.56. The SMILES string of the molecule is Cc1cc(-c2ccc(N)nc2)c(C)c2c1c(=O)c(C(=O)O)cn2C1CC1.